The van der Waals surface area contributed by atoms with Crippen molar-refractivity contribution in [1.29, 1.82) is 5.26 Å². The van der Waals surface area contributed by atoms with Gasteiger partial charge in [0.1, 0.15) is 11.9 Å². The third-order valence-corrected chi connectivity index (χ3v) is 8.66. The number of carbonyl (C=O) groups excluding carboxylic acids is 1. The number of halogens is 4. The molecule has 2 aromatic rings. The zero-order valence-corrected chi connectivity index (χ0v) is 28.6. The maximum Gasteiger partial charge on any atom is 0.416 e. The summed E-state index contributed by atoms with van der Waals surface area (Å²) >= 11 is 0. The lowest BCUT2D eigenvalue weighted by Gasteiger charge is -2.31. The zero-order valence-electron chi connectivity index (χ0n) is 28.6. The minimum atomic E-state index is -4.79. The second-order valence-electron chi connectivity index (χ2n) is 12.9. The van der Waals surface area contributed by atoms with Crippen LogP contribution in [0, 0.1) is 17.2 Å². The highest BCUT2D eigenvalue weighted by Gasteiger charge is 2.36. The minimum Gasteiger partial charge on any atom is -0.481 e. The number of nitrogens with one attached hydrogen (secondary N) is 1. The van der Waals surface area contributed by atoms with Crippen molar-refractivity contribution in [3.63, 3.8) is 0 Å². The molecular formula is C37H44F4N4O4. The largest absolute Gasteiger partial charge is 0.481 e. The average molecular weight is 685 g/mol. The fraction of sp³-hybridized carbons (Fsp3) is 0.459. The fourth-order valence-electron chi connectivity index (χ4n) is 5.79. The molecule has 0 radical (unpaired) electrons. The van der Waals surface area contributed by atoms with Crippen molar-refractivity contribution in [3.05, 3.63) is 98.3 Å². The van der Waals surface area contributed by atoms with Gasteiger partial charge in [0.15, 0.2) is 0 Å². The van der Waals surface area contributed by atoms with Gasteiger partial charge in [-0.05, 0) is 92.4 Å². The lowest BCUT2D eigenvalue weighted by atomic mass is 9.95. The molecule has 12 heteroatoms. The molecular weight excluding hydrogens is 640 g/mol. The number of carboxylic acids is 1. The monoisotopic (exact) mass is 684 g/mol. The summed E-state index contributed by atoms with van der Waals surface area (Å²) in [5.41, 5.74) is 0.0535. The molecule has 2 atom stereocenters. The van der Waals surface area contributed by atoms with Crippen LogP contribution < -0.4 is 10.9 Å². The Hall–Kier alpha value is -4.50. The third kappa shape index (κ3) is 10.2. The van der Waals surface area contributed by atoms with Crippen molar-refractivity contribution in [1.82, 2.24) is 14.8 Å². The van der Waals surface area contributed by atoms with Gasteiger partial charge in [0, 0.05) is 24.4 Å². The lowest BCUT2D eigenvalue weighted by Crippen LogP contribution is -2.44. The zero-order chi connectivity index (χ0) is 36.6. The van der Waals surface area contributed by atoms with Crippen LogP contribution in [-0.2, 0) is 28.6 Å². The average Bonchev–Trinajstić information content (AvgIpc) is 3.01. The quantitative estimate of drug-likeness (QED) is 0.154. The van der Waals surface area contributed by atoms with Crippen LogP contribution in [0.3, 0.4) is 0 Å². The molecule has 1 aliphatic heterocycles. The normalized spacial score (nSPS) is 15.6. The van der Waals surface area contributed by atoms with E-state index < -0.39 is 53.5 Å². The van der Waals surface area contributed by atoms with E-state index in [0.717, 1.165) is 42.3 Å². The van der Waals surface area contributed by atoms with Crippen molar-refractivity contribution in [2.75, 3.05) is 19.6 Å². The highest BCUT2D eigenvalue weighted by atomic mass is 19.4. The van der Waals surface area contributed by atoms with Crippen LogP contribution in [-0.4, -0.2) is 52.1 Å². The fourth-order valence-corrected chi connectivity index (χ4v) is 5.79. The minimum absolute atomic E-state index is 0.00437. The van der Waals surface area contributed by atoms with Crippen LogP contribution in [0.1, 0.15) is 87.7 Å². The highest BCUT2D eigenvalue weighted by Crippen LogP contribution is 2.33. The first kappa shape index (κ1) is 38.9. The number of carboxylic acid groups (broad SMARTS) is 1. The first-order chi connectivity index (χ1) is 23.0. The molecule has 0 saturated carbocycles. The highest BCUT2D eigenvalue weighted by molar-refractivity contribution is 5.82. The van der Waals surface area contributed by atoms with Gasteiger partial charge in [-0.3, -0.25) is 14.4 Å². The number of allylic oxidation sites excluding steroid dienone is 3. The number of aryl methyl sites for hydroxylation is 1. The van der Waals surface area contributed by atoms with E-state index >= 15 is 4.39 Å². The number of likely N-dealkylation sites (tertiary alicyclic amines) is 1. The van der Waals surface area contributed by atoms with Crippen molar-refractivity contribution in [2.24, 2.45) is 5.92 Å². The molecule has 2 heterocycles. The van der Waals surface area contributed by atoms with E-state index in [1.165, 1.54) is 13.0 Å². The van der Waals surface area contributed by atoms with Gasteiger partial charge >= 0.3 is 12.1 Å². The van der Waals surface area contributed by atoms with Crippen LogP contribution in [0.2, 0.25) is 0 Å². The topological polar surface area (TPSA) is 115 Å². The van der Waals surface area contributed by atoms with Crippen LogP contribution in [0.5, 0.6) is 0 Å². The number of nitrogens with zero attached hydrogens (tertiary/aromatic N) is 3. The molecule has 49 heavy (non-hydrogen) atoms. The van der Waals surface area contributed by atoms with Gasteiger partial charge in [0.05, 0.1) is 29.7 Å². The van der Waals surface area contributed by atoms with Crippen molar-refractivity contribution >= 4 is 17.4 Å². The molecule has 1 unspecified atom stereocenters. The van der Waals surface area contributed by atoms with Gasteiger partial charge in [-0.25, -0.2) is 4.39 Å². The number of hydrogen-bond acceptors (Lipinski definition) is 5. The Kier molecular flexibility index (Phi) is 13.3. The van der Waals surface area contributed by atoms with Gasteiger partial charge in [-0.2, -0.15) is 18.4 Å². The van der Waals surface area contributed by atoms with E-state index in [9.17, 15) is 37.9 Å². The number of aromatic nitrogens is 1. The predicted molar refractivity (Wildman–Crippen MR) is 180 cm³/mol. The molecule has 0 spiro atoms. The first-order valence-electron chi connectivity index (χ1n) is 16.3. The number of carbonyl (C=O) groups is 2. The molecule has 264 valence electrons. The van der Waals surface area contributed by atoms with Gasteiger partial charge in [-0.15, -0.1) is 0 Å². The Labute approximate surface area is 284 Å². The predicted octanol–water partition coefficient (Wildman–Crippen LogP) is 7.00. The summed E-state index contributed by atoms with van der Waals surface area (Å²) < 4.78 is 58.7. The number of benzene rings is 1. The Balaban J connectivity index is 1.99. The summed E-state index contributed by atoms with van der Waals surface area (Å²) in [7, 11) is 0. The van der Waals surface area contributed by atoms with Crippen molar-refractivity contribution in [3.8, 4) is 6.07 Å². The molecule has 1 aliphatic rings. The Morgan fingerprint density at radius 2 is 1.86 bits per heavy atom. The summed E-state index contributed by atoms with van der Waals surface area (Å²) in [6.07, 6.45) is -1.25. The summed E-state index contributed by atoms with van der Waals surface area (Å²) in [5.74, 6) is -3.30. The lowest BCUT2D eigenvalue weighted by molar-refractivity contribution is -0.139. The SMILES string of the molecule is C=C(/C(F)=C(C)\C=C(/C)c1cc(CC)ccc1C#N)[C@H](CC(=O)O)NC(=O)C(CC(C)C)n1cc(CCN2CCC2)c(C(F)(F)F)cc1=O. The van der Waals surface area contributed by atoms with Gasteiger partial charge in [0.25, 0.3) is 5.56 Å². The number of hydrogen-bond donors (Lipinski definition) is 2. The van der Waals surface area contributed by atoms with Crippen LogP contribution in [0.25, 0.3) is 5.57 Å². The number of pyridine rings is 1. The van der Waals surface area contributed by atoms with Crippen LogP contribution in [0.15, 0.2) is 64.9 Å². The van der Waals surface area contributed by atoms with Gasteiger partial charge < -0.3 is 19.9 Å². The van der Waals surface area contributed by atoms with E-state index in [1.807, 2.05) is 24.0 Å². The maximum atomic E-state index is 15.9. The van der Waals surface area contributed by atoms with Crippen LogP contribution in [0.4, 0.5) is 17.6 Å². The molecule has 1 amide bonds. The molecule has 1 saturated heterocycles. The molecule has 1 aromatic heterocycles. The molecule has 1 fully saturated rings. The van der Waals surface area contributed by atoms with E-state index in [0.29, 0.717) is 29.3 Å². The summed E-state index contributed by atoms with van der Waals surface area (Å²) in [6.45, 7) is 14.3. The molecule has 0 bridgehead atoms. The van der Waals surface area contributed by atoms with Crippen molar-refractivity contribution < 1.29 is 32.3 Å². The maximum absolute atomic E-state index is 15.9. The molecule has 8 nitrogen and oxygen atoms in total. The van der Waals surface area contributed by atoms with E-state index in [4.69, 9.17) is 0 Å². The Bertz CT molecular complexity index is 1730. The molecule has 2 N–H and O–H groups in total. The summed E-state index contributed by atoms with van der Waals surface area (Å²) in [4.78, 5) is 40.8. The number of amides is 1. The van der Waals surface area contributed by atoms with Crippen molar-refractivity contribution in [2.45, 2.75) is 85.0 Å². The van der Waals surface area contributed by atoms with E-state index in [2.05, 4.69) is 18.0 Å². The number of aliphatic carboxylic acids is 1. The second-order valence-corrected chi connectivity index (χ2v) is 12.9. The Morgan fingerprint density at radius 1 is 1.18 bits per heavy atom. The van der Waals surface area contributed by atoms with E-state index in [-0.39, 0.29) is 35.5 Å². The van der Waals surface area contributed by atoms with Gasteiger partial charge in [-0.1, -0.05) is 45.6 Å². The first-order valence-corrected chi connectivity index (χ1v) is 16.3. The number of nitriles is 1. The summed E-state index contributed by atoms with van der Waals surface area (Å²) in [6, 6.07) is 5.21. The number of rotatable bonds is 15. The molecule has 0 aliphatic carbocycles. The van der Waals surface area contributed by atoms with E-state index in [1.54, 1.807) is 26.8 Å². The van der Waals surface area contributed by atoms with Crippen LogP contribution >= 0.6 is 0 Å². The number of alkyl halides is 3. The Morgan fingerprint density at radius 3 is 2.39 bits per heavy atom. The third-order valence-electron chi connectivity index (χ3n) is 8.66. The second kappa shape index (κ2) is 16.7. The molecule has 3 rings (SSSR count). The smallest absolute Gasteiger partial charge is 0.416 e. The summed E-state index contributed by atoms with van der Waals surface area (Å²) in [5, 5.41) is 21.7. The van der Waals surface area contributed by atoms with Gasteiger partial charge in [0.2, 0.25) is 5.91 Å². The molecule has 1 aromatic carbocycles. The standard InChI is InChI=1S/C37H44F4N4O4/c1-7-26-9-10-27(20-42)29(17-26)23(4)16-24(5)35(38)25(6)31(19-34(47)48)43-36(49)32(15-22(2)3)45-21-28(11-14-44-12-8-13-44)30(18-33(45)46)37(39,40)41/h9-10,16-18,21-22,31-32H,6-8,11-15,19H2,1-5H3,(H,43,49)(H,47,48)/b23-16+,35-24+/t31-,32?/m0/s1.